The van der Waals surface area contributed by atoms with Gasteiger partial charge in [-0.25, -0.2) is 14.4 Å². The fourth-order valence-electron chi connectivity index (χ4n) is 3.92. The van der Waals surface area contributed by atoms with Crippen molar-refractivity contribution in [2.75, 3.05) is 31.2 Å². The number of aromatic nitrogens is 2. The Kier molecular flexibility index (Phi) is 4.83. The normalized spacial score (nSPS) is 24.9. The van der Waals surface area contributed by atoms with Crippen LogP contribution in [0.1, 0.15) is 37.8 Å². The molecule has 3 rings (SSSR count). The topological polar surface area (TPSA) is 49.3 Å². The summed E-state index contributed by atoms with van der Waals surface area (Å²) in [5.74, 6) is 0.202. The second-order valence-electron chi connectivity index (χ2n) is 6.56. The fraction of sp³-hybridized carbons (Fsp3) is 0.688. The summed E-state index contributed by atoms with van der Waals surface area (Å²) < 4.78 is 51.4. The van der Waals surface area contributed by atoms with Gasteiger partial charge in [0.15, 0.2) is 0 Å². The minimum atomic E-state index is -4.51. The summed E-state index contributed by atoms with van der Waals surface area (Å²) in [4.78, 5) is 22.8. The highest BCUT2D eigenvalue weighted by molar-refractivity contribution is 5.79. The molecule has 25 heavy (non-hydrogen) atoms. The van der Waals surface area contributed by atoms with Gasteiger partial charge in [-0.05, 0) is 25.7 Å². The molecule has 1 aromatic heterocycles. The number of carbonyl (C=O) groups excluding carboxylic acids is 1. The van der Waals surface area contributed by atoms with Crippen molar-refractivity contribution < 1.29 is 22.4 Å². The standard InChI is InChI=1S/C16H20F4N4O/c17-6-9-24-14(25)2-4-15(24)3-1-7-23(8-5-15)13-10-12(16(18,19)20)21-11-22-13/h10-11H,1-9H2/t15-/m1/s1. The minimum Gasteiger partial charge on any atom is -0.356 e. The molecule has 2 fully saturated rings. The van der Waals surface area contributed by atoms with Crippen molar-refractivity contribution in [3.8, 4) is 0 Å². The quantitative estimate of drug-likeness (QED) is 0.778. The molecule has 0 saturated carbocycles. The molecule has 0 bridgehead atoms. The SMILES string of the molecule is O=C1CC[C@@]2(CCCN(c3cc(C(F)(F)F)ncn3)CC2)N1CCF. The van der Waals surface area contributed by atoms with Crippen molar-refractivity contribution in [1.82, 2.24) is 14.9 Å². The van der Waals surface area contributed by atoms with E-state index >= 15 is 0 Å². The van der Waals surface area contributed by atoms with Crippen LogP contribution in [0, 0.1) is 0 Å². The Morgan fingerprint density at radius 1 is 1.16 bits per heavy atom. The molecule has 5 nitrogen and oxygen atoms in total. The maximum atomic E-state index is 12.8. The van der Waals surface area contributed by atoms with Gasteiger partial charge in [-0.2, -0.15) is 13.2 Å². The van der Waals surface area contributed by atoms with Crippen LogP contribution in [-0.2, 0) is 11.0 Å². The molecule has 2 saturated heterocycles. The van der Waals surface area contributed by atoms with Crippen molar-refractivity contribution in [3.63, 3.8) is 0 Å². The van der Waals surface area contributed by atoms with E-state index in [1.807, 2.05) is 0 Å². The molecular weight excluding hydrogens is 340 g/mol. The van der Waals surface area contributed by atoms with Gasteiger partial charge in [-0.3, -0.25) is 4.79 Å². The van der Waals surface area contributed by atoms with Crippen LogP contribution in [0.2, 0.25) is 0 Å². The second-order valence-corrected chi connectivity index (χ2v) is 6.56. The second kappa shape index (κ2) is 6.76. The molecule has 2 aliphatic heterocycles. The van der Waals surface area contributed by atoms with Gasteiger partial charge in [0.2, 0.25) is 5.91 Å². The van der Waals surface area contributed by atoms with Gasteiger partial charge < -0.3 is 9.80 Å². The summed E-state index contributed by atoms with van der Waals surface area (Å²) in [7, 11) is 0. The third-order valence-corrected chi connectivity index (χ3v) is 5.17. The van der Waals surface area contributed by atoms with Gasteiger partial charge in [0.05, 0.1) is 0 Å². The van der Waals surface area contributed by atoms with Gasteiger partial charge in [-0.1, -0.05) is 0 Å². The number of likely N-dealkylation sites (tertiary alicyclic amines) is 1. The molecular formula is C16H20F4N4O. The first-order chi connectivity index (χ1) is 11.9. The first-order valence-corrected chi connectivity index (χ1v) is 8.36. The lowest BCUT2D eigenvalue weighted by Crippen LogP contribution is -2.47. The van der Waals surface area contributed by atoms with Gasteiger partial charge >= 0.3 is 6.18 Å². The monoisotopic (exact) mass is 360 g/mol. The van der Waals surface area contributed by atoms with E-state index in [2.05, 4.69) is 9.97 Å². The highest BCUT2D eigenvalue weighted by Gasteiger charge is 2.45. The average molecular weight is 360 g/mol. The third kappa shape index (κ3) is 3.55. The number of hydrogen-bond acceptors (Lipinski definition) is 4. The van der Waals surface area contributed by atoms with Crippen molar-refractivity contribution >= 4 is 11.7 Å². The molecule has 138 valence electrons. The Labute approximate surface area is 143 Å². The van der Waals surface area contributed by atoms with E-state index in [0.717, 1.165) is 18.8 Å². The summed E-state index contributed by atoms with van der Waals surface area (Å²) in [5, 5.41) is 0. The van der Waals surface area contributed by atoms with Crippen LogP contribution in [0.4, 0.5) is 23.4 Å². The van der Waals surface area contributed by atoms with E-state index < -0.39 is 18.5 Å². The first kappa shape index (κ1) is 17.9. The number of carbonyl (C=O) groups is 1. The van der Waals surface area contributed by atoms with Crippen LogP contribution in [0.3, 0.4) is 0 Å². The molecule has 0 radical (unpaired) electrons. The molecule has 9 heteroatoms. The Morgan fingerprint density at radius 2 is 1.96 bits per heavy atom. The zero-order valence-corrected chi connectivity index (χ0v) is 13.7. The van der Waals surface area contributed by atoms with Gasteiger partial charge in [-0.15, -0.1) is 0 Å². The number of amides is 1. The first-order valence-electron chi connectivity index (χ1n) is 8.36. The van der Waals surface area contributed by atoms with E-state index in [4.69, 9.17) is 0 Å². The van der Waals surface area contributed by atoms with Crippen molar-refractivity contribution in [1.29, 1.82) is 0 Å². The van der Waals surface area contributed by atoms with Crippen molar-refractivity contribution in [2.24, 2.45) is 0 Å². The number of alkyl halides is 4. The zero-order chi connectivity index (χ0) is 18.1. The fourth-order valence-corrected chi connectivity index (χ4v) is 3.92. The van der Waals surface area contributed by atoms with Crippen LogP contribution in [-0.4, -0.2) is 52.6 Å². The molecule has 0 aromatic carbocycles. The highest BCUT2D eigenvalue weighted by atomic mass is 19.4. The lowest BCUT2D eigenvalue weighted by molar-refractivity contribution is -0.141. The molecule has 0 unspecified atom stereocenters. The summed E-state index contributed by atoms with van der Waals surface area (Å²) in [5.41, 5.74) is -1.34. The number of anilines is 1. The Morgan fingerprint density at radius 3 is 2.68 bits per heavy atom. The molecule has 1 amide bonds. The minimum absolute atomic E-state index is 0.0347. The molecule has 1 atom stereocenters. The number of halogens is 4. The van der Waals surface area contributed by atoms with Gasteiger partial charge in [0.1, 0.15) is 24.5 Å². The Balaban J connectivity index is 1.77. The molecule has 1 spiro atoms. The molecule has 0 aliphatic carbocycles. The summed E-state index contributed by atoms with van der Waals surface area (Å²) >= 11 is 0. The summed E-state index contributed by atoms with van der Waals surface area (Å²) in [6, 6.07) is 0.955. The van der Waals surface area contributed by atoms with E-state index in [1.54, 1.807) is 9.80 Å². The third-order valence-electron chi connectivity index (χ3n) is 5.17. The predicted molar refractivity (Wildman–Crippen MR) is 82.8 cm³/mol. The number of rotatable bonds is 3. The average Bonchev–Trinajstić information content (AvgIpc) is 2.75. The van der Waals surface area contributed by atoms with Crippen LogP contribution in [0.25, 0.3) is 0 Å². The molecule has 3 heterocycles. The number of hydrogen-bond donors (Lipinski definition) is 0. The van der Waals surface area contributed by atoms with Crippen LogP contribution < -0.4 is 4.90 Å². The molecule has 1 aromatic rings. The number of nitrogens with zero attached hydrogens (tertiary/aromatic N) is 4. The van der Waals surface area contributed by atoms with Crippen LogP contribution in [0.15, 0.2) is 12.4 Å². The highest BCUT2D eigenvalue weighted by Crippen LogP contribution is 2.39. The molecule has 0 N–H and O–H groups in total. The Bertz CT molecular complexity index is 639. The smallest absolute Gasteiger partial charge is 0.356 e. The van der Waals surface area contributed by atoms with E-state index in [-0.39, 0.29) is 23.8 Å². The lowest BCUT2D eigenvalue weighted by atomic mass is 9.88. The molecule has 2 aliphatic rings. The van der Waals surface area contributed by atoms with Crippen molar-refractivity contribution in [3.05, 3.63) is 18.1 Å². The maximum absolute atomic E-state index is 12.8. The summed E-state index contributed by atoms with van der Waals surface area (Å²) in [6.45, 7) is 0.528. The van der Waals surface area contributed by atoms with Crippen LogP contribution in [0.5, 0.6) is 0 Å². The lowest BCUT2D eigenvalue weighted by Gasteiger charge is -2.37. The van der Waals surface area contributed by atoms with Gasteiger partial charge in [0, 0.05) is 37.7 Å². The predicted octanol–water partition coefficient (Wildman–Crippen LogP) is 2.82. The Hall–Kier alpha value is -1.93. The largest absolute Gasteiger partial charge is 0.433 e. The van der Waals surface area contributed by atoms with Crippen LogP contribution >= 0.6 is 0 Å². The maximum Gasteiger partial charge on any atom is 0.433 e. The van der Waals surface area contributed by atoms with E-state index in [9.17, 15) is 22.4 Å². The van der Waals surface area contributed by atoms with E-state index in [1.165, 1.54) is 0 Å². The zero-order valence-electron chi connectivity index (χ0n) is 13.7. The van der Waals surface area contributed by atoms with Gasteiger partial charge in [0.25, 0.3) is 0 Å². The van der Waals surface area contributed by atoms with E-state index in [0.29, 0.717) is 38.8 Å². The summed E-state index contributed by atoms with van der Waals surface area (Å²) in [6.07, 6.45) is -0.463. The van der Waals surface area contributed by atoms with Crippen molar-refractivity contribution in [2.45, 2.75) is 43.8 Å².